The van der Waals surface area contributed by atoms with Crippen molar-refractivity contribution in [2.24, 2.45) is 0 Å². The highest BCUT2D eigenvalue weighted by Crippen LogP contribution is 2.40. The number of carbonyl (C=O) groups excluding carboxylic acids is 1. The number of amides is 1. The number of ether oxygens (including phenoxy) is 6. The van der Waals surface area contributed by atoms with Crippen LogP contribution in [-0.2, 0) is 4.79 Å². The summed E-state index contributed by atoms with van der Waals surface area (Å²) in [5.41, 5.74) is 2.94. The second kappa shape index (κ2) is 12.9. The van der Waals surface area contributed by atoms with E-state index in [1.165, 1.54) is 13.2 Å². The van der Waals surface area contributed by atoms with Crippen LogP contribution in [0.4, 0.5) is 5.69 Å². The highest BCUT2D eigenvalue weighted by Gasteiger charge is 2.15. The monoisotopic (exact) mass is 505 g/mol. The molecule has 3 rings (SSSR count). The van der Waals surface area contributed by atoms with Gasteiger partial charge in [-0.05, 0) is 59.2 Å². The van der Waals surface area contributed by atoms with Crippen molar-refractivity contribution in [2.75, 3.05) is 48.0 Å². The second-order valence-corrected chi connectivity index (χ2v) is 7.69. The highest BCUT2D eigenvalue weighted by atomic mass is 16.5. The van der Waals surface area contributed by atoms with Crippen LogP contribution in [0.2, 0.25) is 0 Å². The molecule has 3 aromatic rings. The molecule has 0 aliphatic carbocycles. The summed E-state index contributed by atoms with van der Waals surface area (Å²) >= 11 is 0. The molecule has 0 saturated carbocycles. The largest absolute Gasteiger partial charge is 0.497 e. The molecule has 8 heteroatoms. The van der Waals surface area contributed by atoms with E-state index in [0.717, 1.165) is 22.4 Å². The molecule has 0 atom stereocenters. The summed E-state index contributed by atoms with van der Waals surface area (Å²) in [4.78, 5) is 12.7. The fraction of sp³-hybridized carbons (Fsp3) is 0.207. The van der Waals surface area contributed by atoms with Crippen molar-refractivity contribution in [2.45, 2.75) is 0 Å². The molecule has 0 aliphatic heterocycles. The van der Waals surface area contributed by atoms with Crippen LogP contribution in [0.3, 0.4) is 0 Å². The smallest absolute Gasteiger partial charge is 0.248 e. The molecule has 0 aliphatic rings. The topological polar surface area (TPSA) is 84.5 Å². The van der Waals surface area contributed by atoms with Crippen molar-refractivity contribution in [3.8, 4) is 34.5 Å². The number of methoxy groups -OCH3 is 6. The molecule has 37 heavy (non-hydrogen) atoms. The van der Waals surface area contributed by atoms with Gasteiger partial charge < -0.3 is 33.7 Å². The molecule has 3 aromatic carbocycles. The summed E-state index contributed by atoms with van der Waals surface area (Å²) in [7, 11) is 9.36. The van der Waals surface area contributed by atoms with Crippen LogP contribution in [0.15, 0.2) is 54.6 Å². The number of nitrogens with one attached hydrogen (secondary N) is 1. The highest BCUT2D eigenvalue weighted by molar-refractivity contribution is 6.03. The Morgan fingerprint density at radius 1 is 0.595 bits per heavy atom. The third kappa shape index (κ3) is 6.76. The maximum Gasteiger partial charge on any atom is 0.248 e. The van der Waals surface area contributed by atoms with E-state index in [-0.39, 0.29) is 5.91 Å². The Morgan fingerprint density at radius 2 is 1.11 bits per heavy atom. The fourth-order valence-electron chi connectivity index (χ4n) is 3.63. The zero-order valence-electron chi connectivity index (χ0n) is 21.8. The standard InChI is InChI=1S/C29H31NO7/c1-32-22-12-9-19(10-13-22)11-14-27(31)30-23-15-20(16-24(33-2)28(23)36-5)7-8-21-17-25(34-3)29(37-6)26(18-21)35-4/h7-18H,1-6H3,(H,30,31)/b8-7+,14-11+. The Morgan fingerprint density at radius 3 is 1.59 bits per heavy atom. The van der Waals surface area contributed by atoms with Gasteiger partial charge in [-0.15, -0.1) is 0 Å². The van der Waals surface area contributed by atoms with Gasteiger partial charge in [-0.3, -0.25) is 4.79 Å². The number of benzene rings is 3. The molecule has 0 spiro atoms. The normalized spacial score (nSPS) is 10.9. The van der Waals surface area contributed by atoms with Crippen molar-refractivity contribution < 1.29 is 33.2 Å². The second-order valence-electron chi connectivity index (χ2n) is 7.69. The molecular formula is C29H31NO7. The molecule has 0 unspecified atom stereocenters. The van der Waals surface area contributed by atoms with Crippen molar-refractivity contribution >= 4 is 29.8 Å². The summed E-state index contributed by atoms with van der Waals surface area (Å²) < 4.78 is 32.4. The average molecular weight is 506 g/mol. The summed E-state index contributed by atoms with van der Waals surface area (Å²) in [6.45, 7) is 0. The number of rotatable bonds is 11. The van der Waals surface area contributed by atoms with E-state index in [1.807, 2.05) is 54.6 Å². The van der Waals surface area contributed by atoms with E-state index in [1.54, 1.807) is 47.7 Å². The van der Waals surface area contributed by atoms with Gasteiger partial charge in [-0.1, -0.05) is 24.3 Å². The minimum atomic E-state index is -0.318. The van der Waals surface area contributed by atoms with E-state index >= 15 is 0 Å². The van der Waals surface area contributed by atoms with Crippen LogP contribution in [0, 0.1) is 0 Å². The minimum absolute atomic E-state index is 0.318. The Kier molecular flexibility index (Phi) is 9.43. The third-order valence-corrected chi connectivity index (χ3v) is 5.46. The lowest BCUT2D eigenvalue weighted by Gasteiger charge is -2.14. The molecule has 1 amide bonds. The van der Waals surface area contributed by atoms with Gasteiger partial charge in [0.2, 0.25) is 11.7 Å². The van der Waals surface area contributed by atoms with Crippen LogP contribution < -0.4 is 33.7 Å². The first kappa shape index (κ1) is 27.0. The van der Waals surface area contributed by atoms with Gasteiger partial charge in [0.15, 0.2) is 23.0 Å². The molecule has 0 radical (unpaired) electrons. The molecule has 8 nitrogen and oxygen atoms in total. The molecule has 0 aromatic heterocycles. The van der Waals surface area contributed by atoms with E-state index in [4.69, 9.17) is 28.4 Å². The van der Waals surface area contributed by atoms with Gasteiger partial charge in [-0.25, -0.2) is 0 Å². The van der Waals surface area contributed by atoms with Crippen molar-refractivity contribution in [3.63, 3.8) is 0 Å². The van der Waals surface area contributed by atoms with Crippen LogP contribution in [0.25, 0.3) is 18.2 Å². The molecule has 0 saturated heterocycles. The predicted molar refractivity (Wildman–Crippen MR) is 145 cm³/mol. The van der Waals surface area contributed by atoms with Gasteiger partial charge in [0.05, 0.1) is 48.3 Å². The lowest BCUT2D eigenvalue weighted by molar-refractivity contribution is -0.111. The maximum atomic E-state index is 12.7. The molecule has 0 bridgehead atoms. The van der Waals surface area contributed by atoms with Crippen LogP contribution in [-0.4, -0.2) is 48.6 Å². The van der Waals surface area contributed by atoms with Gasteiger partial charge in [0.25, 0.3) is 0 Å². The Hall–Kier alpha value is -4.59. The lowest BCUT2D eigenvalue weighted by Crippen LogP contribution is -2.09. The average Bonchev–Trinajstić information content (AvgIpc) is 2.94. The first-order chi connectivity index (χ1) is 18.0. The number of hydrogen-bond donors (Lipinski definition) is 1. The van der Waals surface area contributed by atoms with Gasteiger partial charge in [0.1, 0.15) is 5.75 Å². The van der Waals surface area contributed by atoms with Crippen LogP contribution in [0.5, 0.6) is 34.5 Å². The zero-order valence-corrected chi connectivity index (χ0v) is 21.8. The van der Waals surface area contributed by atoms with Crippen molar-refractivity contribution in [1.29, 1.82) is 0 Å². The minimum Gasteiger partial charge on any atom is -0.497 e. The zero-order chi connectivity index (χ0) is 26.8. The quantitative estimate of drug-likeness (QED) is 0.270. The predicted octanol–water partition coefficient (Wildman–Crippen LogP) is 5.56. The number of carbonyl (C=O) groups is 1. The number of hydrogen-bond acceptors (Lipinski definition) is 7. The maximum absolute atomic E-state index is 12.7. The fourth-order valence-corrected chi connectivity index (χ4v) is 3.63. The van der Waals surface area contributed by atoms with Crippen molar-refractivity contribution in [3.05, 3.63) is 71.3 Å². The van der Waals surface area contributed by atoms with E-state index in [2.05, 4.69) is 5.32 Å². The summed E-state index contributed by atoms with van der Waals surface area (Å²) in [6, 6.07) is 14.7. The van der Waals surface area contributed by atoms with E-state index < -0.39 is 0 Å². The molecule has 194 valence electrons. The summed E-state index contributed by atoms with van der Waals surface area (Å²) in [5.74, 6) is 2.93. The lowest BCUT2D eigenvalue weighted by atomic mass is 10.1. The van der Waals surface area contributed by atoms with Crippen LogP contribution >= 0.6 is 0 Å². The van der Waals surface area contributed by atoms with Crippen LogP contribution in [0.1, 0.15) is 16.7 Å². The SMILES string of the molecule is COc1ccc(/C=C/C(=O)Nc2cc(/C=C/c3cc(OC)c(OC)c(OC)c3)cc(OC)c2OC)cc1. The Bertz CT molecular complexity index is 1260. The van der Waals surface area contributed by atoms with Crippen molar-refractivity contribution in [1.82, 2.24) is 0 Å². The Labute approximate surface area is 217 Å². The first-order valence-corrected chi connectivity index (χ1v) is 11.3. The van der Waals surface area contributed by atoms with Gasteiger partial charge in [0, 0.05) is 6.08 Å². The Balaban J connectivity index is 1.88. The summed E-state index contributed by atoms with van der Waals surface area (Å²) in [6.07, 6.45) is 6.94. The molecule has 0 heterocycles. The third-order valence-electron chi connectivity index (χ3n) is 5.46. The molecular weight excluding hydrogens is 474 g/mol. The summed E-state index contributed by atoms with van der Waals surface area (Å²) in [5, 5.41) is 2.87. The van der Waals surface area contributed by atoms with Gasteiger partial charge in [-0.2, -0.15) is 0 Å². The first-order valence-electron chi connectivity index (χ1n) is 11.3. The van der Waals surface area contributed by atoms with Gasteiger partial charge >= 0.3 is 0 Å². The number of anilines is 1. The molecule has 1 N–H and O–H groups in total. The van der Waals surface area contributed by atoms with E-state index in [9.17, 15) is 4.79 Å². The molecule has 0 fully saturated rings. The van der Waals surface area contributed by atoms with E-state index in [0.29, 0.717) is 34.4 Å².